The molecule has 1 heterocycles. The van der Waals surface area contributed by atoms with Gasteiger partial charge in [0, 0.05) is 24.7 Å². The number of anilines is 1. The van der Waals surface area contributed by atoms with Gasteiger partial charge >= 0.3 is 0 Å². The zero-order valence-corrected chi connectivity index (χ0v) is 20.6. The van der Waals surface area contributed by atoms with Crippen LogP contribution in [0.15, 0.2) is 41.3 Å². The fourth-order valence-corrected chi connectivity index (χ4v) is 5.79. The van der Waals surface area contributed by atoms with Gasteiger partial charge in [-0.2, -0.15) is 4.31 Å². The van der Waals surface area contributed by atoms with E-state index in [-0.39, 0.29) is 40.8 Å². The summed E-state index contributed by atoms with van der Waals surface area (Å²) in [5.74, 6) is 0.464. The molecule has 1 saturated heterocycles. The average Bonchev–Trinajstić information content (AvgIpc) is 2.76. The van der Waals surface area contributed by atoms with Crippen LogP contribution in [0, 0.1) is 12.8 Å². The molecule has 1 aliphatic heterocycles. The van der Waals surface area contributed by atoms with E-state index in [0.29, 0.717) is 25.2 Å². The van der Waals surface area contributed by atoms with Gasteiger partial charge in [0.05, 0.1) is 16.5 Å². The molecule has 1 amide bonds. The van der Waals surface area contributed by atoms with Crippen LogP contribution in [0.3, 0.4) is 0 Å². The van der Waals surface area contributed by atoms with E-state index >= 15 is 0 Å². The summed E-state index contributed by atoms with van der Waals surface area (Å²) in [6.45, 7) is 9.04. The first-order valence-electron chi connectivity index (χ1n) is 11.0. The van der Waals surface area contributed by atoms with Gasteiger partial charge in [-0.15, -0.1) is 0 Å². The van der Waals surface area contributed by atoms with Crippen LogP contribution in [0.5, 0.6) is 5.75 Å². The van der Waals surface area contributed by atoms with Gasteiger partial charge in [-0.25, -0.2) is 8.42 Å². The molecule has 0 saturated carbocycles. The molecule has 174 valence electrons. The van der Waals surface area contributed by atoms with Crippen LogP contribution in [0.1, 0.15) is 50.7 Å². The van der Waals surface area contributed by atoms with Crippen LogP contribution < -0.4 is 10.1 Å². The molecule has 0 radical (unpaired) electrons. The molecule has 8 heteroatoms. The highest BCUT2D eigenvalue weighted by atomic mass is 35.5. The van der Waals surface area contributed by atoms with Crippen LogP contribution in [-0.4, -0.2) is 38.3 Å². The number of hydrogen-bond donors (Lipinski definition) is 1. The fourth-order valence-electron chi connectivity index (χ4n) is 3.99. The number of halogens is 1. The van der Waals surface area contributed by atoms with Crippen molar-refractivity contribution >= 4 is 33.2 Å². The molecule has 0 unspecified atom stereocenters. The van der Waals surface area contributed by atoms with Gasteiger partial charge in [0.1, 0.15) is 5.75 Å². The molecular weight excluding hydrogens is 448 g/mol. The number of nitrogens with one attached hydrogen (secondary N) is 1. The number of benzene rings is 2. The summed E-state index contributed by atoms with van der Waals surface area (Å²) in [6, 6.07) is 10.5. The molecule has 1 aliphatic rings. The number of amides is 1. The number of carbonyl (C=O) groups excluding carboxylic acids is 1. The van der Waals surface area contributed by atoms with Crippen LogP contribution >= 0.6 is 11.6 Å². The van der Waals surface area contributed by atoms with Gasteiger partial charge in [0.15, 0.2) is 0 Å². The third-order valence-electron chi connectivity index (χ3n) is 5.84. The predicted octanol–water partition coefficient (Wildman–Crippen LogP) is 5.21. The highest BCUT2D eigenvalue weighted by Gasteiger charge is 2.32. The Morgan fingerprint density at radius 1 is 1.22 bits per heavy atom. The topological polar surface area (TPSA) is 75.7 Å². The first-order valence-corrected chi connectivity index (χ1v) is 12.8. The fraction of sp³-hybridized carbons (Fsp3) is 0.458. The molecule has 0 atom stereocenters. The van der Waals surface area contributed by atoms with Gasteiger partial charge in [-0.3, -0.25) is 4.79 Å². The quantitative estimate of drug-likeness (QED) is 0.592. The molecule has 0 aliphatic carbocycles. The Morgan fingerprint density at radius 2 is 1.91 bits per heavy atom. The minimum atomic E-state index is -3.69. The highest BCUT2D eigenvalue weighted by molar-refractivity contribution is 7.89. The van der Waals surface area contributed by atoms with Crippen LogP contribution in [0.2, 0.25) is 5.02 Å². The van der Waals surface area contributed by atoms with E-state index < -0.39 is 10.0 Å². The Kier molecular flexibility index (Phi) is 7.85. The lowest BCUT2D eigenvalue weighted by Crippen LogP contribution is -2.41. The van der Waals surface area contributed by atoms with Crippen LogP contribution in [-0.2, 0) is 14.8 Å². The Hall–Kier alpha value is -2.09. The number of piperidine rings is 1. The summed E-state index contributed by atoms with van der Waals surface area (Å²) in [5.41, 5.74) is 2.99. The third-order valence-corrected chi connectivity index (χ3v) is 8.03. The number of carbonyl (C=O) groups is 1. The molecule has 0 spiro atoms. The van der Waals surface area contributed by atoms with Crippen molar-refractivity contribution in [2.24, 2.45) is 5.92 Å². The molecule has 0 aromatic heterocycles. The molecule has 2 aromatic carbocycles. The van der Waals surface area contributed by atoms with E-state index in [2.05, 4.69) is 19.2 Å². The largest absolute Gasteiger partial charge is 0.492 e. The van der Waals surface area contributed by atoms with Crippen LogP contribution in [0.4, 0.5) is 5.69 Å². The number of para-hydroxylation sites is 1. The van der Waals surface area contributed by atoms with Gasteiger partial charge in [-0.1, -0.05) is 43.6 Å². The average molecular weight is 479 g/mol. The maximum absolute atomic E-state index is 13.1. The Morgan fingerprint density at radius 3 is 2.50 bits per heavy atom. The van der Waals surface area contributed by atoms with E-state index in [1.807, 2.05) is 32.0 Å². The Labute approximate surface area is 196 Å². The molecule has 3 rings (SSSR count). The summed E-state index contributed by atoms with van der Waals surface area (Å²) in [4.78, 5) is 13.1. The zero-order chi connectivity index (χ0) is 23.5. The summed E-state index contributed by atoms with van der Waals surface area (Å²) >= 11 is 6.18. The normalized spacial score (nSPS) is 15.7. The van der Waals surface area contributed by atoms with E-state index in [4.69, 9.17) is 16.3 Å². The number of sulfonamides is 1. The second-order valence-corrected chi connectivity index (χ2v) is 10.7. The van der Waals surface area contributed by atoms with Gasteiger partial charge in [0.2, 0.25) is 15.9 Å². The minimum absolute atomic E-state index is 0.0534. The summed E-state index contributed by atoms with van der Waals surface area (Å²) in [6.07, 6.45) is 0.942. The molecule has 2 aromatic rings. The number of hydrogen-bond acceptors (Lipinski definition) is 4. The van der Waals surface area contributed by atoms with Crippen molar-refractivity contribution in [2.45, 2.75) is 51.3 Å². The summed E-state index contributed by atoms with van der Waals surface area (Å²) in [5, 5.41) is 3.37. The standard InChI is InChI=1S/C24H31ClN2O4S/c1-5-31-22-10-9-19(15-21(22)25)32(29,30)27-13-11-18(12-14-27)24(28)26-23-17(4)7-6-8-20(23)16(2)3/h6-10,15-16,18H,5,11-14H2,1-4H3,(H,26,28). The van der Waals surface area contributed by atoms with Crippen molar-refractivity contribution in [3.05, 3.63) is 52.5 Å². The lowest BCUT2D eigenvalue weighted by atomic mass is 9.95. The monoisotopic (exact) mass is 478 g/mol. The van der Waals surface area contributed by atoms with Gasteiger partial charge in [0.25, 0.3) is 0 Å². The van der Waals surface area contributed by atoms with Crippen molar-refractivity contribution in [2.75, 3.05) is 25.0 Å². The van der Waals surface area contributed by atoms with E-state index in [1.54, 1.807) is 6.07 Å². The second kappa shape index (κ2) is 10.2. The van der Waals surface area contributed by atoms with E-state index in [9.17, 15) is 13.2 Å². The maximum atomic E-state index is 13.1. The van der Waals surface area contributed by atoms with E-state index in [0.717, 1.165) is 16.8 Å². The minimum Gasteiger partial charge on any atom is -0.492 e. The highest BCUT2D eigenvalue weighted by Crippen LogP contribution is 2.32. The first kappa shape index (κ1) is 24.6. The third kappa shape index (κ3) is 5.27. The van der Waals surface area contributed by atoms with Crippen molar-refractivity contribution in [1.82, 2.24) is 4.31 Å². The number of ether oxygens (including phenoxy) is 1. The Balaban J connectivity index is 1.67. The van der Waals surface area contributed by atoms with Crippen molar-refractivity contribution < 1.29 is 17.9 Å². The lowest BCUT2D eigenvalue weighted by molar-refractivity contribution is -0.120. The van der Waals surface area contributed by atoms with Crippen molar-refractivity contribution in [1.29, 1.82) is 0 Å². The predicted molar refractivity (Wildman–Crippen MR) is 128 cm³/mol. The van der Waals surface area contributed by atoms with E-state index in [1.165, 1.54) is 16.4 Å². The first-order chi connectivity index (χ1) is 15.1. The summed E-state index contributed by atoms with van der Waals surface area (Å²) in [7, 11) is -3.69. The van der Waals surface area contributed by atoms with Crippen molar-refractivity contribution in [3.63, 3.8) is 0 Å². The van der Waals surface area contributed by atoms with Gasteiger partial charge < -0.3 is 10.1 Å². The SMILES string of the molecule is CCOc1ccc(S(=O)(=O)N2CCC(C(=O)Nc3c(C)cccc3C(C)C)CC2)cc1Cl. The van der Waals surface area contributed by atoms with Crippen molar-refractivity contribution in [3.8, 4) is 5.75 Å². The smallest absolute Gasteiger partial charge is 0.243 e. The zero-order valence-electron chi connectivity index (χ0n) is 19.0. The molecule has 0 bridgehead atoms. The molecule has 1 N–H and O–H groups in total. The number of rotatable bonds is 7. The maximum Gasteiger partial charge on any atom is 0.243 e. The molecule has 1 fully saturated rings. The second-order valence-electron chi connectivity index (χ2n) is 8.39. The molecular formula is C24H31ClN2O4S. The number of nitrogens with zero attached hydrogens (tertiary/aromatic N) is 1. The number of aryl methyl sites for hydroxylation is 1. The molecule has 32 heavy (non-hydrogen) atoms. The molecule has 6 nitrogen and oxygen atoms in total. The van der Waals surface area contributed by atoms with Gasteiger partial charge in [-0.05, 0) is 61.9 Å². The lowest BCUT2D eigenvalue weighted by Gasteiger charge is -2.31. The summed E-state index contributed by atoms with van der Waals surface area (Å²) < 4.78 is 32.9. The Bertz CT molecular complexity index is 1080. The van der Waals surface area contributed by atoms with Crippen LogP contribution in [0.25, 0.3) is 0 Å².